The fourth-order valence-corrected chi connectivity index (χ4v) is 2.83. The Balaban J connectivity index is 1.67. The van der Waals surface area contributed by atoms with E-state index >= 15 is 0 Å². The van der Waals surface area contributed by atoms with Crippen LogP contribution < -0.4 is 16.0 Å². The van der Waals surface area contributed by atoms with E-state index in [0.717, 1.165) is 17.4 Å². The van der Waals surface area contributed by atoms with Gasteiger partial charge >= 0.3 is 0 Å². The average molecular weight is 331 g/mol. The Bertz CT molecular complexity index is 547. The summed E-state index contributed by atoms with van der Waals surface area (Å²) < 4.78 is 0. The molecule has 0 radical (unpaired) electrons. The lowest BCUT2D eigenvalue weighted by Crippen LogP contribution is -2.45. The number of rotatable bonds is 5. The van der Waals surface area contributed by atoms with Crippen molar-refractivity contribution in [3.63, 3.8) is 0 Å². The predicted molar refractivity (Wildman–Crippen MR) is 98.1 cm³/mol. The van der Waals surface area contributed by atoms with Crippen LogP contribution in [0.5, 0.6) is 0 Å². The summed E-state index contributed by atoms with van der Waals surface area (Å²) in [7, 11) is 1.76. The molecule has 6 heteroatoms. The molecule has 2 rings (SSSR count). The summed E-state index contributed by atoms with van der Waals surface area (Å²) in [6.45, 7) is 4.82. The summed E-state index contributed by atoms with van der Waals surface area (Å²) in [6.07, 6.45) is 7.01. The fourth-order valence-electron chi connectivity index (χ4n) is 2.83. The number of hydrogen-bond acceptors (Lipinski definition) is 3. The number of nitrogens with one attached hydrogen (secondary N) is 3. The van der Waals surface area contributed by atoms with E-state index in [0.29, 0.717) is 24.8 Å². The molecule has 1 aromatic rings. The molecule has 0 bridgehead atoms. The van der Waals surface area contributed by atoms with Gasteiger partial charge in [0.05, 0.1) is 0 Å². The van der Waals surface area contributed by atoms with Gasteiger partial charge in [-0.3, -0.25) is 9.79 Å². The first-order chi connectivity index (χ1) is 11.6. The smallest absolute Gasteiger partial charge is 0.227 e. The van der Waals surface area contributed by atoms with Crippen molar-refractivity contribution in [3.05, 3.63) is 23.9 Å². The lowest BCUT2D eigenvalue weighted by molar-refractivity contribution is -0.116. The molecular weight excluding hydrogens is 302 g/mol. The Morgan fingerprint density at radius 3 is 2.67 bits per heavy atom. The van der Waals surface area contributed by atoms with Crippen LogP contribution in [0.1, 0.15) is 44.6 Å². The largest absolute Gasteiger partial charge is 0.356 e. The van der Waals surface area contributed by atoms with Crippen LogP contribution in [-0.2, 0) is 4.79 Å². The van der Waals surface area contributed by atoms with Crippen molar-refractivity contribution in [2.45, 2.75) is 52.0 Å². The standard InChI is InChI=1S/C18H29N5O/c1-13-4-7-15(8-5-13)22-18(19-3)20-11-10-17(24)23-16-9-6-14(2)12-21-16/h6,9,12-13,15H,4-5,7-8,10-11H2,1-3H3,(H2,19,20,22)(H,21,23,24). The van der Waals surface area contributed by atoms with Crippen molar-refractivity contribution >= 4 is 17.7 Å². The molecule has 1 amide bonds. The number of aryl methyl sites for hydroxylation is 1. The van der Waals surface area contributed by atoms with Gasteiger partial charge in [0.2, 0.25) is 5.91 Å². The predicted octanol–water partition coefficient (Wildman–Crippen LogP) is 2.46. The lowest BCUT2D eigenvalue weighted by Gasteiger charge is -2.28. The zero-order valence-corrected chi connectivity index (χ0v) is 14.9. The molecule has 3 N–H and O–H groups in total. The molecule has 1 aromatic heterocycles. The average Bonchev–Trinajstić information content (AvgIpc) is 2.58. The van der Waals surface area contributed by atoms with Crippen molar-refractivity contribution in [1.82, 2.24) is 15.6 Å². The number of carbonyl (C=O) groups is 1. The molecule has 0 aromatic carbocycles. The first-order valence-electron chi connectivity index (χ1n) is 8.76. The van der Waals surface area contributed by atoms with Crippen LogP contribution in [-0.4, -0.2) is 36.5 Å². The maximum atomic E-state index is 11.9. The molecule has 1 fully saturated rings. The van der Waals surface area contributed by atoms with Gasteiger partial charge in [0, 0.05) is 32.3 Å². The number of pyridine rings is 1. The van der Waals surface area contributed by atoms with Crippen LogP contribution in [0.2, 0.25) is 0 Å². The zero-order valence-electron chi connectivity index (χ0n) is 14.9. The minimum absolute atomic E-state index is 0.0548. The monoisotopic (exact) mass is 331 g/mol. The summed E-state index contributed by atoms with van der Waals surface area (Å²) in [5.41, 5.74) is 1.07. The zero-order chi connectivity index (χ0) is 17.4. The van der Waals surface area contributed by atoms with Crippen molar-refractivity contribution in [3.8, 4) is 0 Å². The van der Waals surface area contributed by atoms with Crippen LogP contribution >= 0.6 is 0 Å². The van der Waals surface area contributed by atoms with E-state index < -0.39 is 0 Å². The van der Waals surface area contributed by atoms with Gasteiger partial charge in [-0.1, -0.05) is 13.0 Å². The Morgan fingerprint density at radius 1 is 1.29 bits per heavy atom. The van der Waals surface area contributed by atoms with E-state index in [-0.39, 0.29) is 5.91 Å². The molecule has 6 nitrogen and oxygen atoms in total. The number of carbonyl (C=O) groups excluding carboxylic acids is 1. The second-order valence-corrected chi connectivity index (χ2v) is 6.62. The normalized spacial score (nSPS) is 21.2. The summed E-state index contributed by atoms with van der Waals surface area (Å²) >= 11 is 0. The lowest BCUT2D eigenvalue weighted by atomic mass is 9.87. The highest BCUT2D eigenvalue weighted by atomic mass is 16.1. The van der Waals surface area contributed by atoms with Gasteiger partial charge in [-0.25, -0.2) is 4.98 Å². The Labute approximate surface area is 144 Å². The number of hydrogen-bond donors (Lipinski definition) is 3. The SMILES string of the molecule is CN=C(NCCC(=O)Nc1ccc(C)cn1)NC1CCC(C)CC1. The number of aromatic nitrogens is 1. The van der Waals surface area contributed by atoms with E-state index in [1.807, 2.05) is 19.1 Å². The van der Waals surface area contributed by atoms with E-state index in [4.69, 9.17) is 0 Å². The third-order valence-electron chi connectivity index (χ3n) is 4.40. The Kier molecular flexibility index (Phi) is 7.03. The Hall–Kier alpha value is -2.11. The molecule has 0 saturated heterocycles. The van der Waals surface area contributed by atoms with Crippen LogP contribution in [0.25, 0.3) is 0 Å². The topological polar surface area (TPSA) is 78.4 Å². The maximum Gasteiger partial charge on any atom is 0.227 e. The van der Waals surface area contributed by atoms with E-state index in [9.17, 15) is 4.79 Å². The number of aliphatic imine (C=N–C) groups is 1. The Morgan fingerprint density at radius 2 is 2.04 bits per heavy atom. The highest BCUT2D eigenvalue weighted by Crippen LogP contribution is 2.23. The summed E-state index contributed by atoms with van der Waals surface area (Å²) in [5.74, 6) is 2.14. The molecule has 1 heterocycles. The van der Waals surface area contributed by atoms with Crippen LogP contribution in [0.15, 0.2) is 23.3 Å². The summed E-state index contributed by atoms with van der Waals surface area (Å²) in [5, 5.41) is 9.46. The molecule has 132 valence electrons. The second kappa shape index (κ2) is 9.25. The molecule has 0 unspecified atom stereocenters. The van der Waals surface area contributed by atoms with E-state index in [1.165, 1.54) is 25.7 Å². The first kappa shape index (κ1) is 18.2. The summed E-state index contributed by atoms with van der Waals surface area (Å²) in [4.78, 5) is 20.4. The number of guanidine groups is 1. The van der Waals surface area contributed by atoms with Gasteiger partial charge in [0.1, 0.15) is 5.82 Å². The van der Waals surface area contributed by atoms with Gasteiger partial charge in [0.15, 0.2) is 5.96 Å². The third-order valence-corrected chi connectivity index (χ3v) is 4.40. The number of nitrogens with zero attached hydrogens (tertiary/aromatic N) is 2. The van der Waals surface area contributed by atoms with Gasteiger partial charge < -0.3 is 16.0 Å². The summed E-state index contributed by atoms with van der Waals surface area (Å²) in [6, 6.07) is 4.22. The van der Waals surface area contributed by atoms with Crippen LogP contribution in [0.4, 0.5) is 5.82 Å². The minimum atomic E-state index is -0.0548. The van der Waals surface area contributed by atoms with Crippen molar-refractivity contribution in [2.75, 3.05) is 18.9 Å². The molecule has 24 heavy (non-hydrogen) atoms. The van der Waals surface area contributed by atoms with Crippen LogP contribution in [0, 0.1) is 12.8 Å². The second-order valence-electron chi connectivity index (χ2n) is 6.62. The van der Waals surface area contributed by atoms with Gasteiger partial charge in [0.25, 0.3) is 0 Å². The number of anilines is 1. The molecule has 1 saturated carbocycles. The van der Waals surface area contributed by atoms with Crippen LogP contribution in [0.3, 0.4) is 0 Å². The van der Waals surface area contributed by atoms with Crippen molar-refractivity contribution in [2.24, 2.45) is 10.9 Å². The van der Waals surface area contributed by atoms with Crippen molar-refractivity contribution in [1.29, 1.82) is 0 Å². The van der Waals surface area contributed by atoms with E-state index in [1.54, 1.807) is 13.2 Å². The third kappa shape index (κ3) is 6.18. The first-order valence-corrected chi connectivity index (χ1v) is 8.76. The molecule has 0 spiro atoms. The fraction of sp³-hybridized carbons (Fsp3) is 0.611. The van der Waals surface area contributed by atoms with Gasteiger partial charge in [-0.05, 0) is 50.2 Å². The highest BCUT2D eigenvalue weighted by Gasteiger charge is 2.18. The molecular formula is C18H29N5O. The molecule has 0 aliphatic heterocycles. The van der Waals surface area contributed by atoms with Crippen molar-refractivity contribution < 1.29 is 4.79 Å². The van der Waals surface area contributed by atoms with Gasteiger partial charge in [-0.15, -0.1) is 0 Å². The van der Waals surface area contributed by atoms with Gasteiger partial charge in [-0.2, -0.15) is 0 Å². The molecule has 1 aliphatic carbocycles. The van der Waals surface area contributed by atoms with E-state index in [2.05, 4.69) is 32.9 Å². The molecule has 0 atom stereocenters. The number of amides is 1. The minimum Gasteiger partial charge on any atom is -0.356 e. The maximum absolute atomic E-state index is 11.9. The quantitative estimate of drug-likeness (QED) is 0.572. The highest BCUT2D eigenvalue weighted by molar-refractivity contribution is 5.90. The molecule has 1 aliphatic rings.